The molecule has 14 heavy (non-hydrogen) atoms. The van der Waals surface area contributed by atoms with Crippen LogP contribution < -0.4 is 4.89 Å². The van der Waals surface area contributed by atoms with Gasteiger partial charge in [0.2, 0.25) is 0 Å². The molecule has 0 spiro atoms. The van der Waals surface area contributed by atoms with E-state index in [0.29, 0.717) is 12.3 Å². The summed E-state index contributed by atoms with van der Waals surface area (Å²) in [4.78, 5) is 13.9. The van der Waals surface area contributed by atoms with Crippen LogP contribution in [-0.4, -0.2) is 11.8 Å². The molecule has 0 radical (unpaired) electrons. The summed E-state index contributed by atoms with van der Waals surface area (Å²) in [5.41, 5.74) is 1.16. The lowest BCUT2D eigenvalue weighted by Crippen LogP contribution is -1.88. The molecule has 76 valence electrons. The minimum Gasteiger partial charge on any atom is -0.340 e. The molecule has 0 aliphatic carbocycles. The van der Waals surface area contributed by atoms with Gasteiger partial charge in [-0.15, -0.1) is 0 Å². The second kappa shape index (κ2) is 6.10. The zero-order chi connectivity index (χ0) is 10.2. The van der Waals surface area contributed by atoms with Crippen LogP contribution >= 0.6 is 0 Å². The van der Waals surface area contributed by atoms with Crippen LogP contribution in [-0.2, 0) is 6.42 Å². The van der Waals surface area contributed by atoms with Crippen molar-refractivity contribution in [2.24, 2.45) is 5.18 Å². The highest BCUT2D eigenvalue weighted by molar-refractivity contribution is 5.26. The van der Waals surface area contributed by atoms with Crippen LogP contribution in [0.5, 0.6) is 5.75 Å². The predicted octanol–water partition coefficient (Wildman–Crippen LogP) is 2.63. The molecule has 0 saturated heterocycles. The molecule has 0 amide bonds. The van der Waals surface area contributed by atoms with E-state index in [9.17, 15) is 4.91 Å². The van der Waals surface area contributed by atoms with Gasteiger partial charge in [-0.25, -0.2) is 5.26 Å². The summed E-state index contributed by atoms with van der Waals surface area (Å²) in [5, 5.41) is 11.1. The molecule has 4 heteroatoms. The molecule has 1 aromatic rings. The standard InChI is InChI=1S/C10H13NO3/c12-11-8-2-1-3-9-4-6-10(14-13)7-5-9/h4-7,13H,1-3,8H2. The van der Waals surface area contributed by atoms with E-state index in [2.05, 4.69) is 10.1 Å². The number of benzene rings is 1. The Morgan fingerprint density at radius 3 is 2.50 bits per heavy atom. The second-order valence-electron chi connectivity index (χ2n) is 3.05. The van der Waals surface area contributed by atoms with Gasteiger partial charge in [-0.3, -0.25) is 0 Å². The van der Waals surface area contributed by atoms with Crippen LogP contribution in [0.15, 0.2) is 29.4 Å². The van der Waals surface area contributed by atoms with Crippen molar-refractivity contribution in [3.63, 3.8) is 0 Å². The summed E-state index contributed by atoms with van der Waals surface area (Å²) in [6.45, 7) is 0.387. The smallest absolute Gasteiger partial charge is 0.165 e. The van der Waals surface area contributed by atoms with E-state index >= 15 is 0 Å². The number of hydrogen-bond acceptors (Lipinski definition) is 4. The topological polar surface area (TPSA) is 58.9 Å². The van der Waals surface area contributed by atoms with Crippen molar-refractivity contribution in [1.82, 2.24) is 0 Å². The summed E-state index contributed by atoms with van der Waals surface area (Å²) >= 11 is 0. The number of aryl methyl sites for hydroxylation is 1. The first-order valence-corrected chi connectivity index (χ1v) is 4.56. The maximum atomic E-state index is 9.81. The maximum Gasteiger partial charge on any atom is 0.165 e. The first kappa shape index (κ1) is 10.7. The summed E-state index contributed by atoms with van der Waals surface area (Å²) in [5.74, 6) is 0.434. The van der Waals surface area contributed by atoms with Crippen molar-refractivity contribution < 1.29 is 10.1 Å². The van der Waals surface area contributed by atoms with Crippen molar-refractivity contribution in [2.45, 2.75) is 19.3 Å². The average Bonchev–Trinajstić information content (AvgIpc) is 2.25. The number of nitrogens with zero attached hydrogens (tertiary/aromatic N) is 1. The Balaban J connectivity index is 2.32. The first-order valence-electron chi connectivity index (χ1n) is 4.56. The Kier molecular flexibility index (Phi) is 4.64. The second-order valence-corrected chi connectivity index (χ2v) is 3.05. The third-order valence-corrected chi connectivity index (χ3v) is 1.99. The van der Waals surface area contributed by atoms with E-state index in [1.165, 1.54) is 0 Å². The lowest BCUT2D eigenvalue weighted by Gasteiger charge is -2.00. The molecule has 1 N–H and O–H groups in total. The lowest BCUT2D eigenvalue weighted by molar-refractivity contribution is -0.137. The molecule has 0 aliphatic heterocycles. The Morgan fingerprint density at radius 1 is 1.21 bits per heavy atom. The van der Waals surface area contributed by atoms with Gasteiger partial charge in [0, 0.05) is 0 Å². The van der Waals surface area contributed by atoms with E-state index < -0.39 is 0 Å². The molecular formula is C10H13NO3. The Morgan fingerprint density at radius 2 is 1.93 bits per heavy atom. The number of hydrogen-bond donors (Lipinski definition) is 1. The van der Waals surface area contributed by atoms with Crippen molar-refractivity contribution in [3.8, 4) is 5.75 Å². The quantitative estimate of drug-likeness (QED) is 0.328. The zero-order valence-corrected chi connectivity index (χ0v) is 7.85. The van der Waals surface area contributed by atoms with Crippen LogP contribution in [0.3, 0.4) is 0 Å². The third-order valence-electron chi connectivity index (χ3n) is 1.99. The van der Waals surface area contributed by atoms with Gasteiger partial charge in [-0.2, -0.15) is 4.91 Å². The zero-order valence-electron chi connectivity index (χ0n) is 7.85. The van der Waals surface area contributed by atoms with Gasteiger partial charge >= 0.3 is 0 Å². The molecule has 0 bridgehead atoms. The van der Waals surface area contributed by atoms with Crippen molar-refractivity contribution in [2.75, 3.05) is 6.54 Å². The van der Waals surface area contributed by atoms with Crippen molar-refractivity contribution in [3.05, 3.63) is 34.7 Å². The van der Waals surface area contributed by atoms with Gasteiger partial charge in [0.1, 0.15) is 0 Å². The molecule has 4 nitrogen and oxygen atoms in total. The normalized spacial score (nSPS) is 9.79. The van der Waals surface area contributed by atoms with Gasteiger partial charge in [0.25, 0.3) is 0 Å². The minimum absolute atomic E-state index is 0.387. The van der Waals surface area contributed by atoms with E-state index in [1.807, 2.05) is 12.1 Å². The summed E-state index contributed by atoms with van der Waals surface area (Å²) in [6, 6.07) is 7.18. The molecule has 0 saturated carbocycles. The minimum atomic E-state index is 0.387. The summed E-state index contributed by atoms with van der Waals surface area (Å²) in [6.07, 6.45) is 2.69. The van der Waals surface area contributed by atoms with Gasteiger partial charge in [-0.05, 0) is 37.0 Å². The van der Waals surface area contributed by atoms with E-state index in [-0.39, 0.29) is 0 Å². The fourth-order valence-electron chi connectivity index (χ4n) is 1.22. The SMILES string of the molecule is O=NCCCCc1ccc(OO)cc1. The fraction of sp³-hybridized carbons (Fsp3) is 0.400. The molecule has 0 aliphatic rings. The highest BCUT2D eigenvalue weighted by atomic mass is 17.1. The van der Waals surface area contributed by atoms with Crippen molar-refractivity contribution >= 4 is 0 Å². The van der Waals surface area contributed by atoms with Crippen LogP contribution in [0, 0.1) is 4.91 Å². The van der Waals surface area contributed by atoms with E-state index in [1.54, 1.807) is 12.1 Å². The maximum absolute atomic E-state index is 9.81. The van der Waals surface area contributed by atoms with Gasteiger partial charge in [0.15, 0.2) is 5.75 Å². The third kappa shape index (κ3) is 3.53. The first-order chi connectivity index (χ1) is 6.86. The van der Waals surface area contributed by atoms with Gasteiger partial charge < -0.3 is 4.89 Å². The number of nitroso groups, excluding NO2 is 1. The molecule has 0 aromatic heterocycles. The van der Waals surface area contributed by atoms with Crippen LogP contribution in [0.25, 0.3) is 0 Å². The van der Waals surface area contributed by atoms with Gasteiger partial charge in [0.05, 0.1) is 6.54 Å². The Bertz CT molecular complexity index is 271. The Hall–Kier alpha value is -1.42. The molecule has 0 fully saturated rings. The van der Waals surface area contributed by atoms with E-state index in [0.717, 1.165) is 24.8 Å². The molecular weight excluding hydrogens is 182 g/mol. The van der Waals surface area contributed by atoms with E-state index in [4.69, 9.17) is 5.26 Å². The largest absolute Gasteiger partial charge is 0.340 e. The lowest BCUT2D eigenvalue weighted by atomic mass is 10.1. The molecule has 1 rings (SSSR count). The molecule has 0 atom stereocenters. The van der Waals surface area contributed by atoms with Crippen LogP contribution in [0.4, 0.5) is 0 Å². The molecule has 0 heterocycles. The average molecular weight is 195 g/mol. The number of rotatable bonds is 6. The predicted molar refractivity (Wildman–Crippen MR) is 53.3 cm³/mol. The van der Waals surface area contributed by atoms with Crippen LogP contribution in [0.2, 0.25) is 0 Å². The number of unbranched alkanes of at least 4 members (excludes halogenated alkanes) is 1. The highest BCUT2D eigenvalue weighted by Crippen LogP contribution is 2.12. The highest BCUT2D eigenvalue weighted by Gasteiger charge is 1.95. The monoisotopic (exact) mass is 195 g/mol. The molecule has 0 unspecified atom stereocenters. The van der Waals surface area contributed by atoms with Crippen molar-refractivity contribution in [1.29, 1.82) is 0 Å². The molecule has 1 aromatic carbocycles. The fourth-order valence-corrected chi connectivity index (χ4v) is 1.22. The summed E-state index contributed by atoms with van der Waals surface area (Å²) < 4.78 is 0. The van der Waals surface area contributed by atoms with Crippen LogP contribution in [0.1, 0.15) is 18.4 Å². The summed E-state index contributed by atoms with van der Waals surface area (Å²) in [7, 11) is 0. The Labute approximate surface area is 82.4 Å². The van der Waals surface area contributed by atoms with Gasteiger partial charge in [-0.1, -0.05) is 17.3 Å².